The molecule has 0 amide bonds. The van der Waals surface area contributed by atoms with E-state index in [1.165, 1.54) is 12.1 Å². The number of carboxylic acids is 1. The fourth-order valence-electron chi connectivity index (χ4n) is 3.57. The average Bonchev–Trinajstić information content (AvgIpc) is 2.87. The number of hydrogen-bond acceptors (Lipinski definition) is 4. The molecule has 2 aliphatic rings. The Kier molecular flexibility index (Phi) is 4.44. The Hall–Kier alpha value is -1.80. The third-order valence-corrected chi connectivity index (χ3v) is 4.73. The summed E-state index contributed by atoms with van der Waals surface area (Å²) in [4.78, 5) is 13.7. The van der Waals surface area contributed by atoms with Crippen LogP contribution in [-0.4, -0.2) is 48.6 Å². The van der Waals surface area contributed by atoms with Gasteiger partial charge in [0, 0.05) is 26.2 Å². The number of carboxylic acid groups (broad SMARTS) is 1. The molecule has 5 nitrogen and oxygen atoms in total. The zero-order chi connectivity index (χ0) is 17.4. The minimum atomic E-state index is -4.71. The number of fused-ring (bicyclic) bond motifs is 1. The molecule has 2 saturated heterocycles. The summed E-state index contributed by atoms with van der Waals surface area (Å²) in [5, 5.41) is 9.60. The van der Waals surface area contributed by atoms with Crippen LogP contribution in [0.25, 0.3) is 0 Å². The minimum Gasteiger partial charge on any atom is -0.481 e. The van der Waals surface area contributed by atoms with Crippen molar-refractivity contribution in [3.8, 4) is 5.75 Å². The van der Waals surface area contributed by atoms with Gasteiger partial charge in [0.05, 0.1) is 6.61 Å². The lowest BCUT2D eigenvalue weighted by Gasteiger charge is -2.34. The second-order valence-electron chi connectivity index (χ2n) is 6.36. The van der Waals surface area contributed by atoms with Gasteiger partial charge in [0.2, 0.25) is 0 Å². The van der Waals surface area contributed by atoms with Crippen molar-refractivity contribution >= 4 is 5.97 Å². The van der Waals surface area contributed by atoms with E-state index in [4.69, 9.17) is 4.74 Å². The SMILES string of the molecule is O=C(O)[C@]12COCC[C@H]1CN(Cc1ccc(OC(F)(F)F)cc1)C2. The van der Waals surface area contributed by atoms with E-state index < -0.39 is 17.7 Å². The van der Waals surface area contributed by atoms with Crippen LogP contribution in [0.2, 0.25) is 0 Å². The predicted molar refractivity (Wildman–Crippen MR) is 77.4 cm³/mol. The quantitative estimate of drug-likeness (QED) is 0.909. The first-order chi connectivity index (χ1) is 11.3. The van der Waals surface area contributed by atoms with Crippen LogP contribution in [-0.2, 0) is 16.1 Å². The summed E-state index contributed by atoms with van der Waals surface area (Å²) < 4.78 is 45.7. The lowest BCUT2D eigenvalue weighted by atomic mass is 9.76. The van der Waals surface area contributed by atoms with Crippen LogP contribution in [0.4, 0.5) is 13.2 Å². The Balaban J connectivity index is 1.66. The molecule has 8 heteroatoms. The van der Waals surface area contributed by atoms with Gasteiger partial charge in [-0.05, 0) is 30.0 Å². The van der Waals surface area contributed by atoms with Gasteiger partial charge in [0.15, 0.2) is 0 Å². The Bertz CT molecular complexity index is 604. The number of likely N-dealkylation sites (tertiary alicyclic amines) is 1. The number of aliphatic carboxylic acids is 1. The molecule has 0 aliphatic carbocycles. The molecule has 0 radical (unpaired) electrons. The van der Waals surface area contributed by atoms with E-state index in [1.807, 2.05) is 4.90 Å². The van der Waals surface area contributed by atoms with Crippen molar-refractivity contribution in [2.75, 3.05) is 26.3 Å². The van der Waals surface area contributed by atoms with Crippen molar-refractivity contribution in [2.24, 2.45) is 11.3 Å². The normalized spacial score (nSPS) is 27.7. The Morgan fingerprint density at radius 1 is 1.38 bits per heavy atom. The van der Waals surface area contributed by atoms with Crippen molar-refractivity contribution in [3.63, 3.8) is 0 Å². The number of halogens is 3. The van der Waals surface area contributed by atoms with Crippen molar-refractivity contribution < 1.29 is 32.5 Å². The molecule has 1 aromatic carbocycles. The van der Waals surface area contributed by atoms with E-state index in [9.17, 15) is 23.1 Å². The van der Waals surface area contributed by atoms with Crippen molar-refractivity contribution in [1.82, 2.24) is 4.90 Å². The summed E-state index contributed by atoms with van der Waals surface area (Å²) in [7, 11) is 0. The Morgan fingerprint density at radius 2 is 2.08 bits per heavy atom. The van der Waals surface area contributed by atoms with Crippen molar-refractivity contribution in [2.45, 2.75) is 19.3 Å². The summed E-state index contributed by atoms with van der Waals surface area (Å²) >= 11 is 0. The summed E-state index contributed by atoms with van der Waals surface area (Å²) in [5.41, 5.74) is -0.0676. The van der Waals surface area contributed by atoms with Crippen LogP contribution in [0.3, 0.4) is 0 Å². The van der Waals surface area contributed by atoms with Crippen LogP contribution in [0.1, 0.15) is 12.0 Å². The first-order valence-electron chi connectivity index (χ1n) is 7.67. The van der Waals surface area contributed by atoms with Crippen LogP contribution >= 0.6 is 0 Å². The molecular formula is C16H18F3NO4. The maximum Gasteiger partial charge on any atom is 0.573 e. The monoisotopic (exact) mass is 345 g/mol. The van der Waals surface area contributed by atoms with Gasteiger partial charge in [-0.15, -0.1) is 13.2 Å². The molecule has 2 heterocycles. The van der Waals surface area contributed by atoms with Gasteiger partial charge in [0.1, 0.15) is 11.2 Å². The number of carbonyl (C=O) groups is 1. The number of benzene rings is 1. The highest BCUT2D eigenvalue weighted by molar-refractivity contribution is 5.76. The zero-order valence-corrected chi connectivity index (χ0v) is 12.9. The van der Waals surface area contributed by atoms with Crippen molar-refractivity contribution in [3.05, 3.63) is 29.8 Å². The van der Waals surface area contributed by atoms with Crippen LogP contribution in [0.5, 0.6) is 5.75 Å². The molecule has 132 valence electrons. The van der Waals surface area contributed by atoms with Gasteiger partial charge in [-0.1, -0.05) is 12.1 Å². The molecule has 1 aromatic rings. The zero-order valence-electron chi connectivity index (χ0n) is 12.9. The highest BCUT2D eigenvalue weighted by atomic mass is 19.4. The fraction of sp³-hybridized carbons (Fsp3) is 0.562. The van der Waals surface area contributed by atoms with Gasteiger partial charge in [-0.3, -0.25) is 9.69 Å². The van der Waals surface area contributed by atoms with E-state index in [-0.39, 0.29) is 18.3 Å². The minimum absolute atomic E-state index is 0.0385. The Labute approximate surface area is 137 Å². The molecule has 0 bridgehead atoms. The summed E-state index contributed by atoms with van der Waals surface area (Å²) in [5.74, 6) is -1.07. The molecule has 0 aromatic heterocycles. The number of ether oxygens (including phenoxy) is 2. The van der Waals surface area contributed by atoms with Crippen LogP contribution in [0, 0.1) is 11.3 Å². The summed E-state index contributed by atoms with van der Waals surface area (Å²) in [6.45, 7) is 2.29. The van der Waals surface area contributed by atoms with E-state index in [0.717, 1.165) is 5.56 Å². The highest BCUT2D eigenvalue weighted by Crippen LogP contribution is 2.42. The van der Waals surface area contributed by atoms with Gasteiger partial charge in [-0.2, -0.15) is 0 Å². The van der Waals surface area contributed by atoms with E-state index in [0.29, 0.717) is 32.7 Å². The number of alkyl halides is 3. The van der Waals surface area contributed by atoms with Crippen molar-refractivity contribution in [1.29, 1.82) is 0 Å². The maximum absolute atomic E-state index is 12.2. The molecular weight excluding hydrogens is 327 g/mol. The van der Waals surface area contributed by atoms with Gasteiger partial charge in [-0.25, -0.2) is 0 Å². The second kappa shape index (κ2) is 6.25. The molecule has 2 fully saturated rings. The molecule has 24 heavy (non-hydrogen) atoms. The molecule has 3 rings (SSSR count). The second-order valence-corrected chi connectivity index (χ2v) is 6.36. The maximum atomic E-state index is 12.2. The van der Waals surface area contributed by atoms with Gasteiger partial charge < -0.3 is 14.6 Å². The first-order valence-corrected chi connectivity index (χ1v) is 7.67. The summed E-state index contributed by atoms with van der Waals surface area (Å²) in [6.07, 6.45) is -4.00. The number of nitrogens with zero attached hydrogens (tertiary/aromatic N) is 1. The third kappa shape index (κ3) is 3.49. The van der Waals surface area contributed by atoms with E-state index in [1.54, 1.807) is 12.1 Å². The fourth-order valence-corrected chi connectivity index (χ4v) is 3.57. The van der Waals surface area contributed by atoms with Gasteiger partial charge >= 0.3 is 12.3 Å². The van der Waals surface area contributed by atoms with Gasteiger partial charge in [0.25, 0.3) is 0 Å². The Morgan fingerprint density at radius 3 is 2.67 bits per heavy atom. The van der Waals surface area contributed by atoms with E-state index >= 15 is 0 Å². The molecule has 0 unspecified atom stereocenters. The molecule has 0 saturated carbocycles. The lowest BCUT2D eigenvalue weighted by Crippen LogP contribution is -2.46. The number of rotatable bonds is 4. The average molecular weight is 345 g/mol. The van der Waals surface area contributed by atoms with Crippen LogP contribution in [0.15, 0.2) is 24.3 Å². The first kappa shape index (κ1) is 17.0. The largest absolute Gasteiger partial charge is 0.573 e. The highest BCUT2D eigenvalue weighted by Gasteiger charge is 2.53. The molecule has 2 aliphatic heterocycles. The molecule has 0 spiro atoms. The smallest absolute Gasteiger partial charge is 0.481 e. The lowest BCUT2D eigenvalue weighted by molar-refractivity contribution is -0.274. The van der Waals surface area contributed by atoms with Crippen LogP contribution < -0.4 is 4.74 Å². The predicted octanol–water partition coefficient (Wildman–Crippen LogP) is 2.51. The summed E-state index contributed by atoms with van der Waals surface area (Å²) in [6, 6.07) is 5.66. The molecule has 1 N–H and O–H groups in total. The third-order valence-electron chi connectivity index (χ3n) is 4.73. The topological polar surface area (TPSA) is 59.0 Å². The number of hydrogen-bond donors (Lipinski definition) is 1. The van der Waals surface area contributed by atoms with E-state index in [2.05, 4.69) is 4.74 Å². The molecule has 2 atom stereocenters. The standard InChI is InChI=1S/C16H18F3NO4/c17-16(18,19)24-13-3-1-11(2-4-13)7-20-8-12-5-6-23-10-15(12,9-20)14(21)22/h1-4,12H,5-10H2,(H,21,22)/t12-,15+/m0/s1.